The van der Waals surface area contributed by atoms with Crippen LogP contribution in [0.1, 0.15) is 12.0 Å². The van der Waals surface area contributed by atoms with E-state index in [0.717, 1.165) is 61.2 Å². The van der Waals surface area contributed by atoms with Gasteiger partial charge < -0.3 is 9.72 Å². The van der Waals surface area contributed by atoms with Gasteiger partial charge in [-0.25, -0.2) is 0 Å². The van der Waals surface area contributed by atoms with Crippen molar-refractivity contribution in [1.82, 2.24) is 4.98 Å². The Hall–Kier alpha value is -3.44. The monoisotopic (exact) mass is 396 g/mol. The molecule has 0 spiro atoms. The average molecular weight is 396 g/mol. The van der Waals surface area contributed by atoms with Crippen molar-refractivity contribution in [3.8, 4) is 16.9 Å². The normalized spacial score (nSPS) is 14.7. The van der Waals surface area contributed by atoms with Gasteiger partial charge in [0.15, 0.2) is 0 Å². The molecule has 0 amide bonds. The molecular weight excluding hydrogens is 380 g/mol. The first-order valence-electron chi connectivity index (χ1n) is 9.44. The number of benzene rings is 2. The van der Waals surface area contributed by atoms with Crippen LogP contribution in [-0.2, 0) is 0 Å². The topological polar surface area (TPSA) is 54.5 Å². The van der Waals surface area contributed by atoms with E-state index in [1.54, 1.807) is 7.11 Å². The van der Waals surface area contributed by atoms with E-state index in [9.17, 15) is 4.79 Å². The lowest BCUT2D eigenvalue weighted by atomic mass is 9.92. The lowest BCUT2D eigenvalue weighted by Crippen LogP contribution is -2.05. The molecule has 2 aromatic heterocycles. The van der Waals surface area contributed by atoms with Gasteiger partial charge in [-0.15, -0.1) is 11.3 Å². The van der Waals surface area contributed by atoms with Crippen LogP contribution in [0.15, 0.2) is 69.8 Å². The van der Waals surface area contributed by atoms with Crippen LogP contribution in [-0.4, -0.2) is 17.8 Å². The number of thiophene rings is 1. The zero-order valence-corrected chi connectivity index (χ0v) is 16.5. The summed E-state index contributed by atoms with van der Waals surface area (Å²) in [6, 6.07) is 12.2. The molecule has 4 aromatic rings. The molecule has 0 unspecified atom stereocenters. The second kappa shape index (κ2) is 6.03. The van der Waals surface area contributed by atoms with Gasteiger partial charge in [0.1, 0.15) is 10.4 Å². The Morgan fingerprint density at radius 3 is 3.00 bits per heavy atom. The van der Waals surface area contributed by atoms with Crippen molar-refractivity contribution in [3.05, 3.63) is 75.9 Å². The third-order valence-electron chi connectivity index (χ3n) is 5.63. The van der Waals surface area contributed by atoms with Crippen LogP contribution in [0, 0.1) is 0 Å². The number of H-pyrrole nitrogens is 1. The van der Waals surface area contributed by atoms with Crippen LogP contribution in [0.2, 0.25) is 0 Å². The highest BCUT2D eigenvalue weighted by molar-refractivity contribution is 7.17. The van der Waals surface area contributed by atoms with Gasteiger partial charge in [0.25, 0.3) is 5.56 Å². The van der Waals surface area contributed by atoms with Crippen molar-refractivity contribution in [2.24, 2.45) is 4.99 Å². The smallest absolute Gasteiger partial charge is 0.266 e. The van der Waals surface area contributed by atoms with Crippen LogP contribution < -0.4 is 10.3 Å². The number of pyridine rings is 1. The van der Waals surface area contributed by atoms with E-state index in [2.05, 4.69) is 41.4 Å². The minimum Gasteiger partial charge on any atom is -0.496 e. The molecule has 1 aliphatic carbocycles. The highest BCUT2D eigenvalue weighted by Crippen LogP contribution is 2.44. The predicted molar refractivity (Wildman–Crippen MR) is 121 cm³/mol. The molecule has 0 atom stereocenters. The minimum absolute atomic E-state index is 0.0511. The first-order chi connectivity index (χ1) is 14.2. The van der Waals surface area contributed by atoms with Gasteiger partial charge in [-0.3, -0.25) is 9.79 Å². The highest BCUT2D eigenvalue weighted by atomic mass is 32.1. The Kier molecular flexibility index (Phi) is 3.43. The van der Waals surface area contributed by atoms with E-state index in [1.165, 1.54) is 16.9 Å². The van der Waals surface area contributed by atoms with E-state index in [-0.39, 0.29) is 5.56 Å². The summed E-state index contributed by atoms with van der Waals surface area (Å²) in [5.41, 5.74) is 7.27. The fourth-order valence-corrected chi connectivity index (χ4v) is 5.13. The number of fused-ring (bicyclic) bond motifs is 6. The van der Waals surface area contributed by atoms with Crippen molar-refractivity contribution in [2.75, 3.05) is 7.11 Å². The molecule has 4 nitrogen and oxygen atoms in total. The zero-order valence-electron chi connectivity index (χ0n) is 15.7. The average Bonchev–Trinajstić information content (AvgIpc) is 3.38. The number of nitrogens with one attached hydrogen (secondary N) is 1. The van der Waals surface area contributed by atoms with Gasteiger partial charge in [-0.05, 0) is 41.3 Å². The first-order valence-corrected chi connectivity index (χ1v) is 10.3. The number of allylic oxidation sites excluding steroid dienone is 4. The van der Waals surface area contributed by atoms with E-state index in [1.807, 2.05) is 23.6 Å². The molecule has 0 saturated carbocycles. The van der Waals surface area contributed by atoms with E-state index >= 15 is 0 Å². The Bertz CT molecular complexity index is 1480. The number of ether oxygens (including phenoxy) is 1. The summed E-state index contributed by atoms with van der Waals surface area (Å²) in [7, 11) is 1.68. The van der Waals surface area contributed by atoms with Crippen LogP contribution in [0.4, 0.5) is 5.69 Å². The van der Waals surface area contributed by atoms with Gasteiger partial charge in [0.2, 0.25) is 0 Å². The van der Waals surface area contributed by atoms with Crippen molar-refractivity contribution in [2.45, 2.75) is 6.42 Å². The number of methoxy groups -OCH3 is 1. The van der Waals surface area contributed by atoms with Gasteiger partial charge in [0.05, 0.1) is 18.5 Å². The summed E-state index contributed by atoms with van der Waals surface area (Å²) in [6.07, 6.45) is 7.22. The molecule has 2 aromatic carbocycles. The number of nitrogens with zero attached hydrogens (tertiary/aromatic N) is 1. The molecule has 2 aliphatic rings. The molecule has 0 radical (unpaired) electrons. The van der Waals surface area contributed by atoms with Crippen LogP contribution >= 0.6 is 11.3 Å². The molecule has 6 rings (SSSR count). The summed E-state index contributed by atoms with van der Waals surface area (Å²) in [6.45, 7) is 0. The maximum absolute atomic E-state index is 12.5. The van der Waals surface area contributed by atoms with Crippen molar-refractivity contribution >= 4 is 49.3 Å². The molecule has 140 valence electrons. The molecule has 1 N–H and O–H groups in total. The number of rotatable bonds is 2. The highest BCUT2D eigenvalue weighted by Gasteiger charge is 2.23. The fourth-order valence-electron chi connectivity index (χ4n) is 4.34. The van der Waals surface area contributed by atoms with E-state index in [0.29, 0.717) is 0 Å². The first kappa shape index (κ1) is 16.5. The van der Waals surface area contributed by atoms with Crippen molar-refractivity contribution < 1.29 is 4.74 Å². The lowest BCUT2D eigenvalue weighted by molar-refractivity contribution is 0.417. The molecule has 0 bridgehead atoms. The van der Waals surface area contributed by atoms with E-state index in [4.69, 9.17) is 9.73 Å². The third-order valence-corrected chi connectivity index (χ3v) is 6.54. The molecule has 29 heavy (non-hydrogen) atoms. The number of aromatic amines is 1. The maximum atomic E-state index is 12.5. The predicted octanol–water partition coefficient (Wildman–Crippen LogP) is 5.85. The van der Waals surface area contributed by atoms with Gasteiger partial charge in [-0.2, -0.15) is 0 Å². The lowest BCUT2D eigenvalue weighted by Gasteiger charge is -2.15. The molecule has 0 fully saturated rings. The second-order valence-electron chi connectivity index (χ2n) is 7.19. The molecule has 5 heteroatoms. The summed E-state index contributed by atoms with van der Waals surface area (Å²) >= 11 is 1.46. The SMILES string of the molecule is COc1ccc2[nH]c(=O)c3sccc3c2c1-c1ccc2c(c1)C1=CC=CCC1=N2. The fraction of sp³-hybridized carbons (Fsp3) is 0.0833. The van der Waals surface area contributed by atoms with Gasteiger partial charge >= 0.3 is 0 Å². The standard InChI is InChI=1S/C24H16N2O2S/c1-28-20-9-8-19-22(15-10-11-29-23(15)24(27)26-19)21(20)13-6-7-18-16(12-13)14-4-2-3-5-17(14)25-18/h2-4,6-12H,5H2,1H3,(H,26,27). The number of hydrogen-bond donors (Lipinski definition) is 1. The molecular formula is C24H16N2O2S. The minimum atomic E-state index is -0.0511. The zero-order chi connectivity index (χ0) is 19.5. The van der Waals surface area contributed by atoms with E-state index < -0.39 is 0 Å². The summed E-state index contributed by atoms with van der Waals surface area (Å²) in [5, 5.41) is 3.93. The number of aliphatic imine (C=N–C) groups is 1. The maximum Gasteiger partial charge on any atom is 0.266 e. The Balaban J connectivity index is 1.69. The Morgan fingerprint density at radius 1 is 1.17 bits per heavy atom. The largest absolute Gasteiger partial charge is 0.496 e. The van der Waals surface area contributed by atoms with Crippen LogP contribution in [0.5, 0.6) is 5.75 Å². The summed E-state index contributed by atoms with van der Waals surface area (Å²) in [5.74, 6) is 0.786. The van der Waals surface area contributed by atoms with Crippen LogP contribution in [0.25, 0.3) is 37.7 Å². The molecule has 1 aliphatic heterocycles. The summed E-state index contributed by atoms with van der Waals surface area (Å²) in [4.78, 5) is 20.3. The van der Waals surface area contributed by atoms with Crippen molar-refractivity contribution in [3.63, 3.8) is 0 Å². The molecule has 0 saturated heterocycles. The number of aromatic nitrogens is 1. The van der Waals surface area contributed by atoms with Gasteiger partial charge in [-0.1, -0.05) is 24.3 Å². The third kappa shape index (κ3) is 2.31. The number of hydrogen-bond acceptors (Lipinski definition) is 4. The second-order valence-corrected chi connectivity index (χ2v) is 8.10. The van der Waals surface area contributed by atoms with Gasteiger partial charge in [0, 0.05) is 39.4 Å². The Labute approximate surface area is 170 Å². The summed E-state index contributed by atoms with van der Waals surface area (Å²) < 4.78 is 6.48. The Morgan fingerprint density at radius 2 is 2.10 bits per heavy atom. The van der Waals surface area contributed by atoms with Crippen LogP contribution in [0.3, 0.4) is 0 Å². The quantitative estimate of drug-likeness (QED) is 0.462. The van der Waals surface area contributed by atoms with Crippen molar-refractivity contribution in [1.29, 1.82) is 0 Å². The molecule has 3 heterocycles.